The second kappa shape index (κ2) is 19.4. The van der Waals surface area contributed by atoms with Crippen LogP contribution in [0.2, 0.25) is 0 Å². The number of ether oxygens (including phenoxy) is 2. The number of nitrogens with zero attached hydrogens (tertiary/aromatic N) is 5. The monoisotopic (exact) mass is 843 g/mol. The van der Waals surface area contributed by atoms with Crippen molar-refractivity contribution in [2.45, 2.75) is 122 Å². The third-order valence-corrected chi connectivity index (χ3v) is 12.8. The van der Waals surface area contributed by atoms with E-state index >= 15 is 4.39 Å². The summed E-state index contributed by atoms with van der Waals surface area (Å²) in [5, 5.41) is 10.9. The van der Waals surface area contributed by atoms with Gasteiger partial charge in [-0.3, -0.25) is 24.1 Å². The van der Waals surface area contributed by atoms with Crippen LogP contribution in [0.3, 0.4) is 0 Å². The number of rotatable bonds is 10. The molecule has 3 aliphatic heterocycles. The molecule has 4 amide bonds. The lowest BCUT2D eigenvalue weighted by atomic mass is 9.83. The SMILES string of the molecule is C[C@@H]1C[C@@H](OC2CCN(CC(=O)N3CCN(C(=O)c4cc(Cc5n[nH]c(=O)c6ccccc56)ccc4F)CC3)CC2)CCN1C(=O)[C@H](NC(=O)OC(C)(C)C)C1CCCCC1. The average molecular weight is 844 g/mol. The van der Waals surface area contributed by atoms with Crippen LogP contribution < -0.4 is 10.9 Å². The number of fused-ring (bicyclic) bond motifs is 1. The van der Waals surface area contributed by atoms with Gasteiger partial charge in [-0.1, -0.05) is 43.5 Å². The number of H-pyrrole nitrogens is 1. The van der Waals surface area contributed by atoms with Gasteiger partial charge in [0.15, 0.2) is 0 Å². The molecule has 0 unspecified atom stereocenters. The first-order valence-electron chi connectivity index (χ1n) is 22.2. The molecule has 330 valence electrons. The molecule has 1 aliphatic carbocycles. The minimum Gasteiger partial charge on any atom is -0.444 e. The first kappa shape index (κ1) is 44.2. The van der Waals surface area contributed by atoms with Crippen molar-refractivity contribution >= 4 is 34.6 Å². The maximum Gasteiger partial charge on any atom is 0.408 e. The Hall–Kier alpha value is -4.89. The van der Waals surface area contributed by atoms with E-state index in [-0.39, 0.29) is 47.1 Å². The van der Waals surface area contributed by atoms with Crippen LogP contribution in [0.25, 0.3) is 10.8 Å². The van der Waals surface area contributed by atoms with Gasteiger partial charge in [0.1, 0.15) is 17.5 Å². The van der Waals surface area contributed by atoms with Crippen molar-refractivity contribution in [2.24, 2.45) is 5.92 Å². The number of piperazine rings is 1. The molecule has 0 radical (unpaired) electrons. The average Bonchev–Trinajstić information content (AvgIpc) is 3.24. The molecule has 61 heavy (non-hydrogen) atoms. The van der Waals surface area contributed by atoms with Gasteiger partial charge in [0, 0.05) is 63.7 Å². The molecule has 3 atom stereocenters. The predicted molar refractivity (Wildman–Crippen MR) is 229 cm³/mol. The van der Waals surface area contributed by atoms with Gasteiger partial charge in [0.2, 0.25) is 11.8 Å². The van der Waals surface area contributed by atoms with Crippen molar-refractivity contribution in [1.29, 1.82) is 0 Å². The second-order valence-electron chi connectivity index (χ2n) is 18.4. The van der Waals surface area contributed by atoms with Crippen molar-refractivity contribution < 1.29 is 33.0 Å². The van der Waals surface area contributed by atoms with Crippen LogP contribution in [0.4, 0.5) is 9.18 Å². The fourth-order valence-electron chi connectivity index (χ4n) is 9.48. The van der Waals surface area contributed by atoms with E-state index in [0.29, 0.717) is 67.7 Å². The molecule has 3 saturated heterocycles. The summed E-state index contributed by atoms with van der Waals surface area (Å²) < 4.78 is 27.2. The van der Waals surface area contributed by atoms with Gasteiger partial charge in [-0.25, -0.2) is 14.3 Å². The molecule has 1 aromatic heterocycles. The van der Waals surface area contributed by atoms with Crippen molar-refractivity contribution in [3.63, 3.8) is 0 Å². The molecule has 14 nitrogen and oxygen atoms in total. The lowest BCUT2D eigenvalue weighted by Crippen LogP contribution is -2.57. The molecule has 2 N–H and O–H groups in total. The van der Waals surface area contributed by atoms with E-state index in [4.69, 9.17) is 9.47 Å². The van der Waals surface area contributed by atoms with E-state index in [0.717, 1.165) is 70.9 Å². The minimum absolute atomic E-state index is 0.0128. The summed E-state index contributed by atoms with van der Waals surface area (Å²) in [5.74, 6) is -0.942. The van der Waals surface area contributed by atoms with E-state index in [1.807, 2.05) is 37.8 Å². The summed E-state index contributed by atoms with van der Waals surface area (Å²) in [6.45, 7) is 11.2. The highest BCUT2D eigenvalue weighted by Gasteiger charge is 2.39. The van der Waals surface area contributed by atoms with Crippen LogP contribution in [0.15, 0.2) is 47.3 Å². The van der Waals surface area contributed by atoms with E-state index in [1.54, 1.807) is 34.1 Å². The summed E-state index contributed by atoms with van der Waals surface area (Å²) in [5.41, 5.74) is 0.355. The third-order valence-electron chi connectivity index (χ3n) is 12.8. The number of carbonyl (C=O) groups excluding carboxylic acids is 4. The zero-order valence-corrected chi connectivity index (χ0v) is 36.1. The molecule has 0 bridgehead atoms. The normalized spacial score (nSPS) is 21.6. The van der Waals surface area contributed by atoms with Crippen molar-refractivity contribution in [2.75, 3.05) is 52.4 Å². The number of hydrogen-bond donors (Lipinski definition) is 2. The highest BCUT2D eigenvalue weighted by Crippen LogP contribution is 2.31. The van der Waals surface area contributed by atoms with Crippen molar-refractivity contribution in [1.82, 2.24) is 35.1 Å². The van der Waals surface area contributed by atoms with Gasteiger partial charge < -0.3 is 29.5 Å². The molecule has 2 aromatic carbocycles. The summed E-state index contributed by atoms with van der Waals surface area (Å²) >= 11 is 0. The number of nitrogens with one attached hydrogen (secondary N) is 2. The van der Waals surface area contributed by atoms with Crippen LogP contribution in [0.5, 0.6) is 0 Å². The zero-order valence-electron chi connectivity index (χ0n) is 36.1. The number of carbonyl (C=O) groups is 4. The van der Waals surface area contributed by atoms with E-state index in [9.17, 15) is 24.0 Å². The maximum absolute atomic E-state index is 15.0. The standard InChI is InChI=1S/C46H62FN7O7/c1-30-26-34(18-21-54(30)44(58)41(32-10-6-5-7-11-32)48-45(59)61-46(2,3)4)60-33-16-19-51(20-17-33)29-40(55)52-22-24-53(25-23-52)43(57)37-27-31(14-15-38(37)47)28-39-35-12-8-9-13-36(35)42(56)50-49-39/h8-9,12-15,27,30,32-34,41H,5-7,10-11,16-26,28-29H2,1-4H3,(H,48,59)(H,50,56)/t30-,34+,41-/m1/s1. The Morgan fingerprint density at radius 2 is 1.54 bits per heavy atom. The molecule has 1 saturated carbocycles. The quantitative estimate of drug-likeness (QED) is 0.278. The highest BCUT2D eigenvalue weighted by molar-refractivity contribution is 5.95. The molecule has 4 fully saturated rings. The fraction of sp³-hybridized carbons (Fsp3) is 0.609. The molecule has 3 aromatic rings. The Morgan fingerprint density at radius 1 is 0.869 bits per heavy atom. The number of piperidine rings is 2. The maximum atomic E-state index is 15.0. The highest BCUT2D eigenvalue weighted by atomic mass is 19.1. The molecule has 7 rings (SSSR count). The van der Waals surface area contributed by atoms with E-state index < -0.39 is 29.5 Å². The predicted octanol–water partition coefficient (Wildman–Crippen LogP) is 5.27. The van der Waals surface area contributed by atoms with Gasteiger partial charge in [0.05, 0.1) is 35.4 Å². The van der Waals surface area contributed by atoms with Crippen LogP contribution >= 0.6 is 0 Å². The molecule has 0 spiro atoms. The molecule has 15 heteroatoms. The number of aromatic nitrogens is 2. The summed E-state index contributed by atoms with van der Waals surface area (Å²) in [7, 11) is 0. The Labute approximate surface area is 357 Å². The van der Waals surface area contributed by atoms with Gasteiger partial charge in [-0.05, 0) is 95.9 Å². The fourth-order valence-corrected chi connectivity index (χ4v) is 9.48. The minimum atomic E-state index is -0.650. The number of benzene rings is 2. The van der Waals surface area contributed by atoms with Crippen molar-refractivity contribution in [3.05, 3.63) is 75.5 Å². The first-order chi connectivity index (χ1) is 29.2. The Bertz CT molecular complexity index is 2100. The van der Waals surface area contributed by atoms with Crippen LogP contribution in [0.1, 0.15) is 107 Å². The number of hydrogen-bond acceptors (Lipinski definition) is 9. The lowest BCUT2D eigenvalue weighted by molar-refractivity contribution is -0.143. The van der Waals surface area contributed by atoms with Gasteiger partial charge in [0.25, 0.3) is 11.5 Å². The first-order valence-corrected chi connectivity index (χ1v) is 22.2. The Morgan fingerprint density at radius 3 is 2.23 bits per heavy atom. The molecule has 4 heterocycles. The summed E-state index contributed by atoms with van der Waals surface area (Å²) in [6, 6.07) is 11.0. The van der Waals surface area contributed by atoms with E-state index in [1.165, 1.54) is 6.07 Å². The number of halogens is 1. The molecule has 4 aliphatic rings. The van der Waals surface area contributed by atoms with Crippen LogP contribution in [0, 0.1) is 11.7 Å². The van der Waals surface area contributed by atoms with Gasteiger partial charge in [-0.2, -0.15) is 5.10 Å². The smallest absolute Gasteiger partial charge is 0.408 e. The summed E-state index contributed by atoms with van der Waals surface area (Å²) in [4.78, 5) is 73.4. The topological polar surface area (TPSA) is 157 Å². The number of aromatic amines is 1. The Kier molecular flexibility index (Phi) is 14.1. The second-order valence-corrected chi connectivity index (χ2v) is 18.4. The van der Waals surface area contributed by atoms with Gasteiger partial charge in [-0.15, -0.1) is 0 Å². The Balaban J connectivity index is 0.840. The number of alkyl carbamates (subject to hydrolysis) is 1. The van der Waals surface area contributed by atoms with Crippen molar-refractivity contribution in [3.8, 4) is 0 Å². The lowest BCUT2D eigenvalue weighted by Gasteiger charge is -2.42. The number of amides is 4. The van der Waals surface area contributed by atoms with Crippen LogP contribution in [-0.4, -0.2) is 136 Å². The summed E-state index contributed by atoms with van der Waals surface area (Å²) in [6.07, 6.45) is 8.06. The van der Waals surface area contributed by atoms with Gasteiger partial charge >= 0.3 is 6.09 Å². The number of likely N-dealkylation sites (tertiary alicyclic amines) is 2. The molecular weight excluding hydrogens is 782 g/mol. The zero-order chi connectivity index (χ0) is 43.3. The van der Waals surface area contributed by atoms with E-state index in [2.05, 4.69) is 27.3 Å². The largest absolute Gasteiger partial charge is 0.444 e. The third kappa shape index (κ3) is 11.1. The molecular formula is C46H62FN7O7. The van der Waals surface area contributed by atoms with Crippen LogP contribution in [-0.2, 0) is 25.5 Å².